The number of anilines is 1. The third-order valence-electron chi connectivity index (χ3n) is 6.31. The fourth-order valence-corrected chi connectivity index (χ4v) is 4.54. The van der Waals surface area contributed by atoms with Gasteiger partial charge < -0.3 is 24.0 Å². The summed E-state index contributed by atoms with van der Waals surface area (Å²) in [5, 5.41) is 4.37. The van der Waals surface area contributed by atoms with E-state index in [4.69, 9.17) is 19.2 Å². The van der Waals surface area contributed by atoms with Gasteiger partial charge in [0.1, 0.15) is 18.2 Å². The molecule has 0 N–H and O–H groups in total. The van der Waals surface area contributed by atoms with E-state index in [1.54, 1.807) is 21.8 Å². The number of carbonyl (C=O) groups is 1. The van der Waals surface area contributed by atoms with Crippen LogP contribution < -0.4 is 4.90 Å². The predicted molar refractivity (Wildman–Crippen MR) is 112 cm³/mol. The normalized spacial score (nSPS) is 25.3. The molecule has 3 saturated heterocycles. The zero-order chi connectivity index (χ0) is 21.5. The first-order chi connectivity index (χ1) is 15.8. The molecule has 0 aliphatic carbocycles. The van der Waals surface area contributed by atoms with Gasteiger partial charge in [-0.25, -0.2) is 24.3 Å². The van der Waals surface area contributed by atoms with Gasteiger partial charge >= 0.3 is 6.09 Å². The van der Waals surface area contributed by atoms with Crippen molar-refractivity contribution in [2.24, 2.45) is 5.92 Å². The van der Waals surface area contributed by atoms with Gasteiger partial charge in [0.25, 0.3) is 0 Å². The van der Waals surface area contributed by atoms with Gasteiger partial charge in [0.05, 0.1) is 36.6 Å². The van der Waals surface area contributed by atoms with Crippen molar-refractivity contribution >= 4 is 17.6 Å². The van der Waals surface area contributed by atoms with Crippen molar-refractivity contribution in [1.29, 1.82) is 0 Å². The topological polar surface area (TPSA) is 107 Å². The number of fused-ring (bicyclic) bond motifs is 2. The zero-order valence-corrected chi connectivity index (χ0v) is 17.4. The van der Waals surface area contributed by atoms with Crippen molar-refractivity contribution in [2.45, 2.75) is 18.8 Å². The van der Waals surface area contributed by atoms with Crippen LogP contribution >= 0.6 is 0 Å². The van der Waals surface area contributed by atoms with Gasteiger partial charge in [-0.2, -0.15) is 5.10 Å². The molecule has 3 aliphatic heterocycles. The second-order valence-electron chi connectivity index (χ2n) is 8.13. The van der Waals surface area contributed by atoms with Gasteiger partial charge in [0, 0.05) is 38.6 Å². The zero-order valence-electron chi connectivity index (χ0n) is 17.4. The molecule has 166 valence electrons. The molecule has 6 heterocycles. The lowest BCUT2D eigenvalue weighted by Crippen LogP contribution is -2.50. The number of rotatable bonds is 3. The Hall–Kier alpha value is -3.31. The number of piperazine rings is 1. The van der Waals surface area contributed by atoms with Crippen molar-refractivity contribution in [2.75, 3.05) is 44.3 Å². The summed E-state index contributed by atoms with van der Waals surface area (Å²) in [6.45, 7) is 3.56. The molecular weight excluding hydrogens is 414 g/mol. The molecule has 0 spiro atoms. The maximum atomic E-state index is 12.7. The molecule has 3 aromatic rings. The summed E-state index contributed by atoms with van der Waals surface area (Å²) in [6, 6.07) is 3.78. The second-order valence-corrected chi connectivity index (χ2v) is 8.13. The fraction of sp³-hybridized carbons (Fsp3) is 0.476. The molecule has 11 heteroatoms. The van der Waals surface area contributed by atoms with E-state index in [0.29, 0.717) is 39.4 Å². The Morgan fingerprint density at radius 3 is 2.91 bits per heavy atom. The molecule has 3 atom stereocenters. The van der Waals surface area contributed by atoms with E-state index >= 15 is 0 Å². The molecule has 0 bridgehead atoms. The summed E-state index contributed by atoms with van der Waals surface area (Å²) in [7, 11) is 0. The number of hydrogen-bond acceptors (Lipinski definition) is 9. The molecule has 0 radical (unpaired) electrons. The number of carbonyl (C=O) groups excluding carboxylic acids is 1. The Kier molecular flexibility index (Phi) is 4.84. The van der Waals surface area contributed by atoms with Crippen LogP contribution in [-0.2, 0) is 14.2 Å². The fourth-order valence-electron chi connectivity index (χ4n) is 4.54. The summed E-state index contributed by atoms with van der Waals surface area (Å²) in [4.78, 5) is 29.7. The summed E-state index contributed by atoms with van der Waals surface area (Å²) < 4.78 is 18.6. The Bertz CT molecular complexity index is 1120. The second kappa shape index (κ2) is 7.99. The van der Waals surface area contributed by atoms with Gasteiger partial charge in [-0.1, -0.05) is 0 Å². The molecule has 0 aromatic carbocycles. The van der Waals surface area contributed by atoms with Crippen LogP contribution in [0.3, 0.4) is 0 Å². The first-order valence-electron chi connectivity index (χ1n) is 10.8. The lowest BCUT2D eigenvalue weighted by atomic mass is 10.0. The van der Waals surface area contributed by atoms with Gasteiger partial charge in [-0.05, 0) is 18.6 Å². The number of hydrogen-bond donors (Lipinski definition) is 0. The average Bonchev–Trinajstić information content (AvgIpc) is 3.56. The van der Waals surface area contributed by atoms with E-state index in [1.807, 2.05) is 18.3 Å². The van der Waals surface area contributed by atoms with Crippen molar-refractivity contribution < 1.29 is 19.0 Å². The lowest BCUT2D eigenvalue weighted by Gasteiger charge is -2.35. The molecule has 3 fully saturated rings. The van der Waals surface area contributed by atoms with Crippen LogP contribution in [-0.4, -0.2) is 87.3 Å². The Morgan fingerprint density at radius 2 is 2.06 bits per heavy atom. The molecular formula is C21H23N7O4. The molecule has 11 nitrogen and oxygen atoms in total. The first kappa shape index (κ1) is 19.4. The summed E-state index contributed by atoms with van der Waals surface area (Å²) in [5.41, 5.74) is 2.36. The van der Waals surface area contributed by atoms with Crippen molar-refractivity contribution in [3.05, 3.63) is 37.1 Å². The van der Waals surface area contributed by atoms with E-state index in [1.165, 1.54) is 6.33 Å². The summed E-state index contributed by atoms with van der Waals surface area (Å²) in [5.74, 6) is 0.993. The minimum Gasteiger partial charge on any atom is -0.443 e. The summed E-state index contributed by atoms with van der Waals surface area (Å²) in [6.07, 6.45) is 7.01. The van der Waals surface area contributed by atoms with Crippen molar-refractivity contribution in [1.82, 2.24) is 29.5 Å². The van der Waals surface area contributed by atoms with Crippen LogP contribution in [0.25, 0.3) is 16.9 Å². The van der Waals surface area contributed by atoms with Gasteiger partial charge in [0.15, 0.2) is 11.9 Å². The van der Waals surface area contributed by atoms with Crippen molar-refractivity contribution in [3.63, 3.8) is 0 Å². The molecule has 0 saturated carbocycles. The highest BCUT2D eigenvalue weighted by atomic mass is 16.7. The van der Waals surface area contributed by atoms with Gasteiger partial charge in [-0.15, -0.1) is 0 Å². The van der Waals surface area contributed by atoms with Crippen LogP contribution in [0.5, 0.6) is 0 Å². The van der Waals surface area contributed by atoms with Crippen LogP contribution in [0.15, 0.2) is 37.1 Å². The van der Waals surface area contributed by atoms with Gasteiger partial charge in [-0.3, -0.25) is 0 Å². The highest BCUT2D eigenvalue weighted by molar-refractivity contribution is 5.75. The van der Waals surface area contributed by atoms with Crippen LogP contribution in [0.2, 0.25) is 0 Å². The minimum atomic E-state index is -0.281. The van der Waals surface area contributed by atoms with E-state index in [9.17, 15) is 4.79 Å². The number of ether oxygens (including phenoxy) is 3. The van der Waals surface area contributed by atoms with Crippen LogP contribution in [0.4, 0.5) is 10.6 Å². The van der Waals surface area contributed by atoms with E-state index in [2.05, 4.69) is 20.0 Å². The third-order valence-corrected chi connectivity index (χ3v) is 6.31. The molecule has 6 rings (SSSR count). The summed E-state index contributed by atoms with van der Waals surface area (Å²) >= 11 is 0. The van der Waals surface area contributed by atoms with Gasteiger partial charge in [0.2, 0.25) is 0 Å². The highest BCUT2D eigenvalue weighted by Gasteiger charge is 2.44. The molecule has 32 heavy (non-hydrogen) atoms. The minimum absolute atomic E-state index is 0.149. The first-order valence-corrected chi connectivity index (χ1v) is 10.8. The third kappa shape index (κ3) is 3.43. The lowest BCUT2D eigenvalue weighted by molar-refractivity contribution is -0.0907. The average molecular weight is 437 g/mol. The number of aromatic nitrogens is 5. The molecule has 3 aromatic heterocycles. The van der Waals surface area contributed by atoms with Crippen molar-refractivity contribution in [3.8, 4) is 11.3 Å². The van der Waals surface area contributed by atoms with E-state index in [-0.39, 0.29) is 24.4 Å². The smallest absolute Gasteiger partial charge is 0.410 e. The quantitative estimate of drug-likeness (QED) is 0.597. The highest BCUT2D eigenvalue weighted by Crippen LogP contribution is 2.33. The SMILES string of the molecule is O=C(O[C@H]1CO[C@H]2OCC[C@H]21)N1CCN(c2ccn3ncc(-c4ccncn4)c3n2)CC1. The Morgan fingerprint density at radius 1 is 1.16 bits per heavy atom. The predicted octanol–water partition coefficient (Wildman–Crippen LogP) is 1.21. The molecule has 3 aliphatic rings. The van der Waals surface area contributed by atoms with Crippen LogP contribution in [0, 0.1) is 5.92 Å². The largest absolute Gasteiger partial charge is 0.443 e. The Labute approximate surface area is 183 Å². The monoisotopic (exact) mass is 437 g/mol. The standard InChI is InChI=1S/C21H23N7O4/c29-21(32-17-12-31-20-14(17)3-10-30-20)27-8-6-26(7-9-27)18-2-5-28-19(25-18)15(11-24-28)16-1-4-22-13-23-16/h1-2,4-5,11,13-14,17,20H,3,6-10,12H2/t14-,17-,20+/m0/s1. The maximum absolute atomic E-state index is 12.7. The maximum Gasteiger partial charge on any atom is 0.410 e. The number of amides is 1. The van der Waals surface area contributed by atoms with Crippen LogP contribution in [0.1, 0.15) is 6.42 Å². The Balaban J connectivity index is 1.12. The van der Waals surface area contributed by atoms with E-state index < -0.39 is 0 Å². The molecule has 1 amide bonds. The number of nitrogens with zero attached hydrogens (tertiary/aromatic N) is 7. The van der Waals surface area contributed by atoms with E-state index in [0.717, 1.165) is 29.1 Å². The molecule has 0 unspecified atom stereocenters.